The first-order chi connectivity index (χ1) is 8.07. The molecule has 1 N–H and O–H groups in total. The molecule has 1 aromatic rings. The van der Waals surface area contributed by atoms with E-state index in [-0.39, 0.29) is 0 Å². The zero-order valence-electron chi connectivity index (χ0n) is 9.68. The third kappa shape index (κ3) is 3.60. The Morgan fingerprint density at radius 3 is 2.41 bits per heavy atom. The second-order valence-corrected chi connectivity index (χ2v) is 6.34. The van der Waals surface area contributed by atoms with Crippen molar-refractivity contribution in [2.45, 2.75) is 13.8 Å². The number of hydrogen-bond acceptors (Lipinski definition) is 4. The van der Waals surface area contributed by atoms with E-state index in [0.29, 0.717) is 24.1 Å². The molecule has 0 fully saturated rings. The van der Waals surface area contributed by atoms with Crippen molar-refractivity contribution in [3.05, 3.63) is 27.3 Å². The molecule has 0 aliphatic carbocycles. The van der Waals surface area contributed by atoms with Gasteiger partial charge in [-0.2, -0.15) is 19.2 Å². The van der Waals surface area contributed by atoms with Gasteiger partial charge in [-0.3, -0.25) is 0 Å². The van der Waals surface area contributed by atoms with Crippen molar-refractivity contribution in [3.8, 4) is 6.07 Å². The molecule has 0 saturated heterocycles. The smallest absolute Gasteiger partial charge is 0.192 e. The SMILES string of the molecule is CCO[P+](O)(OCC)c1cc(C#N)ccc1I. The Labute approximate surface area is 115 Å². The first-order valence-corrected chi connectivity index (χ1v) is 7.84. The number of halogens is 1. The van der Waals surface area contributed by atoms with Crippen molar-refractivity contribution in [2.75, 3.05) is 13.2 Å². The van der Waals surface area contributed by atoms with Crippen LogP contribution in [0.25, 0.3) is 0 Å². The topological polar surface area (TPSA) is 62.5 Å². The molecule has 0 aliphatic heterocycles. The number of nitrogens with zero attached hydrogens (tertiary/aromatic N) is 1. The van der Waals surface area contributed by atoms with E-state index >= 15 is 0 Å². The van der Waals surface area contributed by atoms with Crippen molar-refractivity contribution in [2.24, 2.45) is 0 Å². The Balaban J connectivity index is 3.22. The summed E-state index contributed by atoms with van der Waals surface area (Å²) in [7, 11) is -3.06. The monoisotopic (exact) mass is 366 g/mol. The number of nitriles is 1. The van der Waals surface area contributed by atoms with Crippen LogP contribution in [0.5, 0.6) is 0 Å². The Morgan fingerprint density at radius 1 is 1.35 bits per heavy atom. The van der Waals surface area contributed by atoms with Crippen LogP contribution in [-0.2, 0) is 9.05 Å². The summed E-state index contributed by atoms with van der Waals surface area (Å²) in [6, 6.07) is 7.15. The highest BCUT2D eigenvalue weighted by Crippen LogP contribution is 2.56. The maximum atomic E-state index is 10.4. The van der Waals surface area contributed by atoms with Gasteiger partial charge in [-0.05, 0) is 48.6 Å². The lowest BCUT2D eigenvalue weighted by Crippen LogP contribution is -2.19. The minimum atomic E-state index is -3.06. The summed E-state index contributed by atoms with van der Waals surface area (Å²) in [5.74, 6) is 0. The molecule has 0 aromatic heterocycles. The molecule has 0 heterocycles. The van der Waals surface area contributed by atoms with Crippen LogP contribution >= 0.6 is 30.5 Å². The summed E-state index contributed by atoms with van der Waals surface area (Å²) < 4.78 is 11.6. The van der Waals surface area contributed by atoms with Crippen molar-refractivity contribution in [3.63, 3.8) is 0 Å². The van der Waals surface area contributed by atoms with Gasteiger partial charge in [-0.15, -0.1) is 0 Å². The third-order valence-corrected chi connectivity index (χ3v) is 5.55. The summed E-state index contributed by atoms with van der Waals surface area (Å²) in [5.41, 5.74) is 0.484. The van der Waals surface area contributed by atoms with Crippen molar-refractivity contribution in [1.82, 2.24) is 0 Å². The summed E-state index contributed by atoms with van der Waals surface area (Å²) in [6.07, 6.45) is 0. The highest BCUT2D eigenvalue weighted by molar-refractivity contribution is 14.1. The Bertz CT molecular complexity index is 427. The molecular formula is C11H14INO3P+. The number of hydrogen-bond donors (Lipinski definition) is 1. The van der Waals surface area contributed by atoms with Crippen LogP contribution < -0.4 is 5.30 Å². The quantitative estimate of drug-likeness (QED) is 0.643. The molecule has 4 nitrogen and oxygen atoms in total. The van der Waals surface area contributed by atoms with Crippen molar-refractivity contribution < 1.29 is 13.9 Å². The Morgan fingerprint density at radius 2 is 1.94 bits per heavy atom. The van der Waals surface area contributed by atoms with Crippen molar-refractivity contribution >= 4 is 35.8 Å². The van der Waals surface area contributed by atoms with Gasteiger partial charge in [0, 0.05) is 6.07 Å². The predicted molar refractivity (Wildman–Crippen MR) is 75.9 cm³/mol. The molecule has 17 heavy (non-hydrogen) atoms. The fourth-order valence-corrected chi connectivity index (χ4v) is 4.27. The first-order valence-electron chi connectivity index (χ1n) is 5.18. The van der Waals surface area contributed by atoms with Crippen molar-refractivity contribution in [1.29, 1.82) is 5.26 Å². The molecule has 1 rings (SSSR count). The van der Waals surface area contributed by atoms with Crippen LogP contribution in [0.2, 0.25) is 0 Å². The van der Waals surface area contributed by atoms with E-state index < -0.39 is 7.94 Å². The van der Waals surface area contributed by atoms with Gasteiger partial charge in [0.05, 0.1) is 28.4 Å². The Kier molecular flexibility index (Phi) is 5.77. The molecule has 0 aliphatic rings. The normalized spacial score (nSPS) is 11.2. The van der Waals surface area contributed by atoms with Gasteiger partial charge in [0.2, 0.25) is 0 Å². The molecule has 0 saturated carbocycles. The second kappa shape index (κ2) is 6.62. The van der Waals surface area contributed by atoms with Gasteiger partial charge in [0.1, 0.15) is 0 Å². The van der Waals surface area contributed by atoms with E-state index in [1.165, 1.54) is 0 Å². The number of benzene rings is 1. The van der Waals surface area contributed by atoms with E-state index in [1.807, 2.05) is 6.07 Å². The van der Waals surface area contributed by atoms with Gasteiger partial charge in [0.25, 0.3) is 0 Å². The first kappa shape index (κ1) is 14.8. The molecule has 0 radical (unpaired) electrons. The molecule has 0 spiro atoms. The molecule has 0 amide bonds. The minimum Gasteiger partial charge on any atom is -0.192 e. The fraction of sp³-hybridized carbons (Fsp3) is 0.364. The van der Waals surface area contributed by atoms with Gasteiger partial charge in [-0.1, -0.05) is 0 Å². The molecule has 1 aromatic carbocycles. The zero-order valence-corrected chi connectivity index (χ0v) is 12.7. The summed E-state index contributed by atoms with van der Waals surface area (Å²) in [6.45, 7) is 4.31. The maximum Gasteiger partial charge on any atom is 0.447 e. The highest BCUT2D eigenvalue weighted by atomic mass is 127. The number of rotatable bonds is 5. The minimum absolute atomic E-state index is 0.358. The average molecular weight is 366 g/mol. The molecular weight excluding hydrogens is 352 g/mol. The average Bonchev–Trinajstić information content (AvgIpc) is 2.30. The Hall–Kier alpha value is -0.250. The molecule has 0 bridgehead atoms. The third-order valence-electron chi connectivity index (χ3n) is 1.99. The zero-order chi connectivity index (χ0) is 12.9. The van der Waals surface area contributed by atoms with Gasteiger partial charge < -0.3 is 0 Å². The lowest BCUT2D eigenvalue weighted by molar-refractivity contribution is 0.200. The largest absolute Gasteiger partial charge is 0.447 e. The standard InChI is InChI=1S/C11H14INO3P/c1-3-15-17(14,16-4-2)11-7-9(8-13)5-6-10(11)12/h5-7,14H,3-4H2,1-2H3/q+1. The maximum absolute atomic E-state index is 10.4. The molecule has 0 atom stereocenters. The highest BCUT2D eigenvalue weighted by Gasteiger charge is 2.45. The molecule has 0 unspecified atom stereocenters. The van der Waals surface area contributed by atoms with E-state index in [4.69, 9.17) is 14.3 Å². The molecule has 92 valence electrons. The van der Waals surface area contributed by atoms with Gasteiger partial charge >= 0.3 is 7.94 Å². The summed E-state index contributed by atoms with van der Waals surface area (Å²) in [4.78, 5) is 10.4. The van der Waals surface area contributed by atoms with E-state index in [0.717, 1.165) is 3.57 Å². The van der Waals surface area contributed by atoms with E-state index in [2.05, 4.69) is 22.6 Å². The van der Waals surface area contributed by atoms with Crippen LogP contribution in [0, 0.1) is 14.9 Å². The van der Waals surface area contributed by atoms with Crippen LogP contribution in [0.4, 0.5) is 0 Å². The second-order valence-electron chi connectivity index (χ2n) is 3.13. The lowest BCUT2D eigenvalue weighted by Gasteiger charge is -2.16. The van der Waals surface area contributed by atoms with Gasteiger partial charge in [0.15, 0.2) is 5.30 Å². The van der Waals surface area contributed by atoms with E-state index in [9.17, 15) is 4.89 Å². The van der Waals surface area contributed by atoms with Crippen LogP contribution in [0.1, 0.15) is 19.4 Å². The molecule has 6 heteroatoms. The fourth-order valence-electron chi connectivity index (χ4n) is 1.33. The summed E-state index contributed by atoms with van der Waals surface area (Å²) in [5, 5.41) is 9.45. The van der Waals surface area contributed by atoms with Crippen LogP contribution in [0.3, 0.4) is 0 Å². The van der Waals surface area contributed by atoms with Crippen LogP contribution in [-0.4, -0.2) is 18.1 Å². The predicted octanol–water partition coefficient (Wildman–Crippen LogP) is 2.62. The summed E-state index contributed by atoms with van der Waals surface area (Å²) >= 11 is 2.10. The lowest BCUT2D eigenvalue weighted by atomic mass is 10.2. The van der Waals surface area contributed by atoms with Gasteiger partial charge in [-0.25, -0.2) is 0 Å². The van der Waals surface area contributed by atoms with Crippen LogP contribution in [0.15, 0.2) is 18.2 Å². The van der Waals surface area contributed by atoms with E-state index in [1.54, 1.807) is 32.0 Å².